The van der Waals surface area contributed by atoms with Gasteiger partial charge in [-0.1, -0.05) is 19.8 Å². The van der Waals surface area contributed by atoms with E-state index in [9.17, 15) is 0 Å². The molecule has 0 atom stereocenters. The van der Waals surface area contributed by atoms with Crippen LogP contribution in [0.1, 0.15) is 19.3 Å². The molecule has 1 nitrogen and oxygen atoms in total. The highest BCUT2D eigenvalue weighted by Crippen LogP contribution is 1.91. The first-order chi connectivity index (χ1) is 3.91. The Balaban J connectivity index is 2.62. The molecule has 0 amide bonds. The molecule has 1 radical (unpaired) electrons. The number of hydrogen-bond acceptors (Lipinski definition) is 2. The van der Waals surface area contributed by atoms with Crippen molar-refractivity contribution in [1.29, 1.82) is 0 Å². The zero-order chi connectivity index (χ0) is 6.24. The fourth-order valence-corrected chi connectivity index (χ4v) is 0.507. The SMILES string of the molecule is [CH2]CCCCOC=S. The highest BCUT2D eigenvalue weighted by molar-refractivity contribution is 7.78. The molecule has 0 unspecified atom stereocenters. The van der Waals surface area contributed by atoms with Gasteiger partial charge in [0.15, 0.2) is 0 Å². The van der Waals surface area contributed by atoms with Crippen LogP contribution in [0.3, 0.4) is 0 Å². The first-order valence-corrected chi connectivity index (χ1v) is 3.23. The Labute approximate surface area is 56.0 Å². The number of ether oxygens (including phenoxy) is 1. The van der Waals surface area contributed by atoms with Gasteiger partial charge in [-0.2, -0.15) is 0 Å². The third kappa shape index (κ3) is 5.89. The Kier molecular flexibility index (Phi) is 6.80. The molecule has 0 aliphatic rings. The average Bonchev–Trinajstić information content (AvgIpc) is 1.81. The molecular formula is C6H11OS. The Morgan fingerprint density at radius 3 is 2.75 bits per heavy atom. The van der Waals surface area contributed by atoms with Crippen LogP contribution in [0.15, 0.2) is 0 Å². The Hall–Kier alpha value is -0.110. The van der Waals surface area contributed by atoms with Crippen molar-refractivity contribution >= 4 is 17.8 Å². The standard InChI is InChI=1S/C6H11OS/c1-2-3-4-5-7-6-8/h6H,1-5H2. The lowest BCUT2D eigenvalue weighted by atomic mass is 10.3. The monoisotopic (exact) mass is 131 g/mol. The van der Waals surface area contributed by atoms with Crippen LogP contribution < -0.4 is 0 Å². The van der Waals surface area contributed by atoms with Crippen LogP contribution in [0.25, 0.3) is 0 Å². The number of hydrogen-bond donors (Lipinski definition) is 0. The maximum atomic E-state index is 4.80. The molecule has 47 valence electrons. The molecule has 0 spiro atoms. The van der Waals surface area contributed by atoms with Gasteiger partial charge in [-0.05, 0) is 18.6 Å². The van der Waals surface area contributed by atoms with Crippen molar-refractivity contribution in [3.63, 3.8) is 0 Å². The summed E-state index contributed by atoms with van der Waals surface area (Å²) < 4.78 is 4.80. The lowest BCUT2D eigenvalue weighted by Gasteiger charge is -1.95. The maximum absolute atomic E-state index is 4.80. The van der Waals surface area contributed by atoms with Gasteiger partial charge in [0.05, 0.1) is 6.61 Å². The second kappa shape index (κ2) is 6.89. The minimum atomic E-state index is 0.749. The van der Waals surface area contributed by atoms with Gasteiger partial charge < -0.3 is 4.74 Å². The summed E-state index contributed by atoms with van der Waals surface area (Å²) in [6, 6.07) is 0. The van der Waals surface area contributed by atoms with Gasteiger partial charge in [-0.3, -0.25) is 0 Å². The molecule has 0 saturated carbocycles. The van der Waals surface area contributed by atoms with Crippen molar-refractivity contribution in [3.05, 3.63) is 6.92 Å². The molecule has 0 heterocycles. The first-order valence-electron chi connectivity index (χ1n) is 2.76. The van der Waals surface area contributed by atoms with Crippen molar-refractivity contribution in [2.24, 2.45) is 0 Å². The summed E-state index contributed by atoms with van der Waals surface area (Å²) in [5.74, 6) is 0. The molecule has 0 saturated heterocycles. The van der Waals surface area contributed by atoms with Crippen molar-refractivity contribution in [3.8, 4) is 0 Å². The molecule has 8 heavy (non-hydrogen) atoms. The summed E-state index contributed by atoms with van der Waals surface area (Å²) in [4.78, 5) is 0. The van der Waals surface area contributed by atoms with E-state index in [-0.39, 0.29) is 0 Å². The van der Waals surface area contributed by atoms with Crippen molar-refractivity contribution in [1.82, 2.24) is 0 Å². The van der Waals surface area contributed by atoms with E-state index in [4.69, 9.17) is 4.74 Å². The first kappa shape index (κ1) is 7.89. The van der Waals surface area contributed by atoms with Crippen LogP contribution in [-0.4, -0.2) is 12.2 Å². The summed E-state index contributed by atoms with van der Waals surface area (Å²) in [6.45, 7) is 4.44. The van der Waals surface area contributed by atoms with Gasteiger partial charge in [0.25, 0.3) is 0 Å². The second-order valence-electron chi connectivity index (χ2n) is 1.53. The summed E-state index contributed by atoms with van der Waals surface area (Å²) >= 11 is 4.44. The molecule has 0 aromatic heterocycles. The number of thiocarbonyl (C=S) groups is 1. The zero-order valence-corrected chi connectivity index (χ0v) is 5.75. The smallest absolute Gasteiger partial charge is 0.146 e. The molecule has 0 aromatic rings. The number of unbranched alkanes of at least 4 members (excludes halogenated alkanes) is 2. The lowest BCUT2D eigenvalue weighted by Crippen LogP contribution is -1.88. The van der Waals surface area contributed by atoms with Crippen LogP contribution >= 0.6 is 12.2 Å². The highest BCUT2D eigenvalue weighted by Gasteiger charge is 1.81. The van der Waals surface area contributed by atoms with Crippen molar-refractivity contribution in [2.75, 3.05) is 6.61 Å². The molecule has 0 fully saturated rings. The predicted octanol–water partition coefficient (Wildman–Crippen LogP) is 1.96. The van der Waals surface area contributed by atoms with Gasteiger partial charge in [-0.15, -0.1) is 0 Å². The lowest BCUT2D eigenvalue weighted by molar-refractivity contribution is 0.315. The second-order valence-corrected chi connectivity index (χ2v) is 1.72. The van der Waals surface area contributed by atoms with E-state index in [0.717, 1.165) is 25.9 Å². The fraction of sp³-hybridized carbons (Fsp3) is 0.667. The largest absolute Gasteiger partial charge is 0.490 e. The summed E-state index contributed by atoms with van der Waals surface area (Å²) in [7, 11) is 0. The molecule has 0 aliphatic heterocycles. The van der Waals surface area contributed by atoms with Gasteiger partial charge in [0.1, 0.15) is 5.55 Å². The van der Waals surface area contributed by atoms with E-state index in [2.05, 4.69) is 19.1 Å². The molecule has 0 aliphatic carbocycles. The van der Waals surface area contributed by atoms with Gasteiger partial charge in [0, 0.05) is 0 Å². The fourth-order valence-electron chi connectivity index (χ4n) is 0.410. The maximum Gasteiger partial charge on any atom is 0.146 e. The molecule has 0 bridgehead atoms. The molecule has 2 heteroatoms. The molecule has 0 rings (SSSR count). The molecule has 0 N–H and O–H groups in total. The van der Waals surface area contributed by atoms with Crippen molar-refractivity contribution < 1.29 is 4.74 Å². The Morgan fingerprint density at radius 1 is 1.50 bits per heavy atom. The Morgan fingerprint density at radius 2 is 2.25 bits per heavy atom. The van der Waals surface area contributed by atoms with E-state index in [1.54, 1.807) is 0 Å². The van der Waals surface area contributed by atoms with Crippen LogP contribution in [0, 0.1) is 6.92 Å². The van der Waals surface area contributed by atoms with E-state index in [0.29, 0.717) is 0 Å². The van der Waals surface area contributed by atoms with E-state index in [1.807, 2.05) is 0 Å². The van der Waals surface area contributed by atoms with E-state index >= 15 is 0 Å². The minimum absolute atomic E-state index is 0.749. The average molecular weight is 131 g/mol. The van der Waals surface area contributed by atoms with E-state index in [1.165, 1.54) is 5.55 Å². The normalized spacial score (nSPS) is 8.62. The predicted molar refractivity (Wildman–Crippen MR) is 38.8 cm³/mol. The molecular weight excluding hydrogens is 120 g/mol. The summed E-state index contributed by atoms with van der Waals surface area (Å²) in [5.41, 5.74) is 1.31. The van der Waals surface area contributed by atoms with Crippen LogP contribution in [0.4, 0.5) is 0 Å². The van der Waals surface area contributed by atoms with Crippen molar-refractivity contribution in [2.45, 2.75) is 19.3 Å². The van der Waals surface area contributed by atoms with Gasteiger partial charge in [-0.25, -0.2) is 0 Å². The summed E-state index contributed by atoms with van der Waals surface area (Å²) in [5, 5.41) is 0. The summed E-state index contributed by atoms with van der Waals surface area (Å²) in [6.07, 6.45) is 3.18. The van der Waals surface area contributed by atoms with E-state index < -0.39 is 0 Å². The van der Waals surface area contributed by atoms with Gasteiger partial charge in [0.2, 0.25) is 0 Å². The quantitative estimate of drug-likeness (QED) is 0.416. The van der Waals surface area contributed by atoms with Crippen LogP contribution in [0.2, 0.25) is 0 Å². The van der Waals surface area contributed by atoms with Crippen LogP contribution in [0.5, 0.6) is 0 Å². The highest BCUT2D eigenvalue weighted by atomic mass is 32.1. The Bertz CT molecular complexity index is 54.5. The van der Waals surface area contributed by atoms with Crippen LogP contribution in [-0.2, 0) is 4.74 Å². The molecule has 0 aromatic carbocycles. The zero-order valence-electron chi connectivity index (χ0n) is 4.93. The topological polar surface area (TPSA) is 9.23 Å². The minimum Gasteiger partial charge on any atom is -0.490 e. The van der Waals surface area contributed by atoms with Gasteiger partial charge >= 0.3 is 0 Å². The number of rotatable bonds is 5. The third-order valence-corrected chi connectivity index (χ3v) is 0.966. The third-order valence-electron chi connectivity index (χ3n) is 0.830.